The third-order valence-electron chi connectivity index (χ3n) is 5.49. The highest BCUT2D eigenvalue weighted by Gasteiger charge is 2.21. The first-order chi connectivity index (χ1) is 17.4. The van der Waals surface area contributed by atoms with Crippen molar-refractivity contribution in [1.82, 2.24) is 9.55 Å². The van der Waals surface area contributed by atoms with E-state index in [9.17, 15) is 9.59 Å². The Hall–Kier alpha value is -3.10. The van der Waals surface area contributed by atoms with Gasteiger partial charge in [-0.2, -0.15) is 0 Å². The minimum Gasteiger partial charge on any atom is -0.324 e. The van der Waals surface area contributed by atoms with Gasteiger partial charge < -0.3 is 5.32 Å². The van der Waals surface area contributed by atoms with Crippen molar-refractivity contribution in [3.63, 3.8) is 0 Å². The number of carbonyl (C=O) groups excluding carboxylic acids is 1. The number of halogens is 2. The number of amides is 1. The lowest BCUT2D eigenvalue weighted by Crippen LogP contribution is -2.22. The lowest BCUT2D eigenvalue weighted by molar-refractivity contribution is -0.113. The van der Waals surface area contributed by atoms with E-state index in [1.54, 1.807) is 22.8 Å². The molecule has 1 N–H and O–H groups in total. The van der Waals surface area contributed by atoms with Crippen LogP contribution >= 0.6 is 46.3 Å². The zero-order chi connectivity index (χ0) is 25.2. The second kappa shape index (κ2) is 10.5. The van der Waals surface area contributed by atoms with E-state index in [1.165, 1.54) is 23.1 Å². The molecule has 5 aromatic rings. The van der Waals surface area contributed by atoms with Crippen molar-refractivity contribution >= 4 is 68.1 Å². The third kappa shape index (κ3) is 4.92. The summed E-state index contributed by atoms with van der Waals surface area (Å²) >= 11 is 14.8. The molecule has 1 amide bonds. The zero-order valence-electron chi connectivity index (χ0n) is 19.0. The van der Waals surface area contributed by atoms with Crippen molar-refractivity contribution < 1.29 is 4.79 Å². The summed E-state index contributed by atoms with van der Waals surface area (Å²) in [6.45, 7) is 2.00. The molecule has 0 spiro atoms. The second-order valence-corrected chi connectivity index (χ2v) is 10.9. The summed E-state index contributed by atoms with van der Waals surface area (Å²) in [4.78, 5) is 33.2. The molecule has 2 aromatic heterocycles. The predicted octanol–water partition coefficient (Wildman–Crippen LogP) is 7.46. The fourth-order valence-electron chi connectivity index (χ4n) is 3.90. The number of aromatic nitrogens is 2. The lowest BCUT2D eigenvalue weighted by atomic mass is 10.0. The average Bonchev–Trinajstić information content (AvgIpc) is 3.21. The van der Waals surface area contributed by atoms with Crippen LogP contribution in [0.4, 0.5) is 5.69 Å². The molecule has 2 heterocycles. The molecule has 0 aliphatic heterocycles. The van der Waals surface area contributed by atoms with Crippen molar-refractivity contribution in [1.29, 1.82) is 0 Å². The monoisotopic (exact) mass is 551 g/mol. The zero-order valence-corrected chi connectivity index (χ0v) is 22.1. The van der Waals surface area contributed by atoms with E-state index >= 15 is 0 Å². The number of rotatable bonds is 6. The maximum atomic E-state index is 14.0. The number of anilines is 1. The number of thioether (sulfide) groups is 1. The smallest absolute Gasteiger partial charge is 0.268 e. The molecule has 0 radical (unpaired) electrons. The van der Waals surface area contributed by atoms with Gasteiger partial charge >= 0.3 is 0 Å². The van der Waals surface area contributed by atoms with Crippen LogP contribution in [0.15, 0.2) is 88.8 Å². The summed E-state index contributed by atoms with van der Waals surface area (Å²) in [6, 6.07) is 24.1. The molecule has 3 aromatic carbocycles. The van der Waals surface area contributed by atoms with Gasteiger partial charge in [-0.05, 0) is 42.8 Å². The number of benzene rings is 3. The van der Waals surface area contributed by atoms with E-state index in [0.717, 1.165) is 16.0 Å². The van der Waals surface area contributed by atoms with Crippen LogP contribution < -0.4 is 10.9 Å². The fourth-order valence-corrected chi connectivity index (χ4v) is 6.26. The molecule has 0 unspecified atom stereocenters. The van der Waals surface area contributed by atoms with Crippen LogP contribution in [0.5, 0.6) is 0 Å². The van der Waals surface area contributed by atoms with Gasteiger partial charge in [0.25, 0.3) is 5.56 Å². The van der Waals surface area contributed by atoms with E-state index in [1.807, 2.05) is 67.6 Å². The van der Waals surface area contributed by atoms with Gasteiger partial charge in [0.2, 0.25) is 5.91 Å². The minimum absolute atomic E-state index is 0.0413. The fraction of sp³-hybridized carbons (Fsp3) is 0.0741. The molecule has 9 heteroatoms. The number of thiophene rings is 1. The van der Waals surface area contributed by atoms with Crippen molar-refractivity contribution in [3.05, 3.63) is 104 Å². The van der Waals surface area contributed by atoms with Gasteiger partial charge in [-0.1, -0.05) is 83.5 Å². The Morgan fingerprint density at radius 3 is 2.42 bits per heavy atom. The number of hydrogen-bond donors (Lipinski definition) is 1. The summed E-state index contributed by atoms with van der Waals surface area (Å²) < 4.78 is 1.58. The maximum absolute atomic E-state index is 14.0. The highest BCUT2D eigenvalue weighted by Crippen LogP contribution is 2.37. The number of aryl methyl sites for hydroxylation is 1. The molecule has 36 heavy (non-hydrogen) atoms. The Kier molecular flexibility index (Phi) is 7.16. The summed E-state index contributed by atoms with van der Waals surface area (Å²) in [5, 5.41) is 4.65. The van der Waals surface area contributed by atoms with Gasteiger partial charge in [0.1, 0.15) is 4.83 Å². The van der Waals surface area contributed by atoms with Gasteiger partial charge in [-0.15, -0.1) is 11.3 Å². The normalized spacial score (nSPS) is 11.1. The van der Waals surface area contributed by atoms with E-state index < -0.39 is 0 Å². The second-order valence-electron chi connectivity index (χ2n) is 7.91. The van der Waals surface area contributed by atoms with E-state index in [2.05, 4.69) is 5.32 Å². The van der Waals surface area contributed by atoms with Crippen molar-refractivity contribution in [3.8, 4) is 16.8 Å². The Labute approximate surface area is 225 Å². The number of carbonyl (C=O) groups is 1. The van der Waals surface area contributed by atoms with Gasteiger partial charge in [0.05, 0.1) is 27.5 Å². The molecular weight excluding hydrogens is 533 g/mol. The first-order valence-corrected chi connectivity index (χ1v) is 13.5. The van der Waals surface area contributed by atoms with Gasteiger partial charge in [-0.25, -0.2) is 4.98 Å². The number of para-hydroxylation sites is 1. The highest BCUT2D eigenvalue weighted by molar-refractivity contribution is 7.99. The topological polar surface area (TPSA) is 64.0 Å². The first kappa shape index (κ1) is 24.6. The molecule has 0 saturated heterocycles. The van der Waals surface area contributed by atoms with E-state index in [-0.39, 0.29) is 17.2 Å². The van der Waals surface area contributed by atoms with Crippen LogP contribution in [0.25, 0.3) is 27.0 Å². The van der Waals surface area contributed by atoms with E-state index in [0.29, 0.717) is 36.8 Å². The Bertz CT molecular complexity index is 1630. The summed E-state index contributed by atoms with van der Waals surface area (Å²) in [5.74, 6) is -0.231. The van der Waals surface area contributed by atoms with Crippen LogP contribution in [0, 0.1) is 6.92 Å². The Morgan fingerprint density at radius 1 is 1.03 bits per heavy atom. The van der Waals surface area contributed by atoms with Crippen molar-refractivity contribution in [2.75, 3.05) is 11.1 Å². The molecule has 0 aliphatic rings. The van der Waals surface area contributed by atoms with Crippen molar-refractivity contribution in [2.45, 2.75) is 12.1 Å². The Balaban J connectivity index is 1.55. The largest absolute Gasteiger partial charge is 0.324 e. The number of nitrogens with zero attached hydrogens (tertiary/aromatic N) is 2. The van der Waals surface area contributed by atoms with Gasteiger partial charge in [0.15, 0.2) is 5.16 Å². The molecule has 0 fully saturated rings. The number of fused-ring (bicyclic) bond motifs is 1. The number of nitrogens with one attached hydrogen (secondary N) is 1. The molecule has 5 nitrogen and oxygen atoms in total. The van der Waals surface area contributed by atoms with Crippen LogP contribution in [-0.4, -0.2) is 21.2 Å². The summed E-state index contributed by atoms with van der Waals surface area (Å²) in [6.07, 6.45) is 0. The molecule has 180 valence electrons. The summed E-state index contributed by atoms with van der Waals surface area (Å²) in [5.41, 5.74) is 2.85. The standard InChI is InChI=1S/C27H19Cl2N3O2S2/c1-16-23(17-8-4-2-5-9-17)24-25(36-16)31-27(32(26(24)34)19-10-6-3-7-11-19)35-15-22(33)30-21-13-12-18(28)14-20(21)29/h2-14H,15H2,1H3,(H,30,33). The van der Waals surface area contributed by atoms with E-state index in [4.69, 9.17) is 28.2 Å². The van der Waals surface area contributed by atoms with Gasteiger partial charge in [0, 0.05) is 15.5 Å². The molecule has 0 saturated carbocycles. The molecule has 0 atom stereocenters. The molecule has 0 bridgehead atoms. The molecule has 5 rings (SSSR count). The lowest BCUT2D eigenvalue weighted by Gasteiger charge is -2.13. The van der Waals surface area contributed by atoms with Crippen LogP contribution in [0.2, 0.25) is 10.0 Å². The van der Waals surface area contributed by atoms with Gasteiger partial charge in [-0.3, -0.25) is 14.2 Å². The summed E-state index contributed by atoms with van der Waals surface area (Å²) in [7, 11) is 0. The maximum Gasteiger partial charge on any atom is 0.268 e. The Morgan fingerprint density at radius 2 is 1.72 bits per heavy atom. The molecule has 0 aliphatic carbocycles. The van der Waals surface area contributed by atoms with Crippen LogP contribution in [0.1, 0.15) is 4.88 Å². The predicted molar refractivity (Wildman–Crippen MR) is 151 cm³/mol. The third-order valence-corrected chi connectivity index (χ3v) is 7.97. The first-order valence-electron chi connectivity index (χ1n) is 11.0. The van der Waals surface area contributed by atoms with Crippen LogP contribution in [-0.2, 0) is 4.79 Å². The SMILES string of the molecule is Cc1sc2nc(SCC(=O)Nc3ccc(Cl)cc3Cl)n(-c3ccccc3)c(=O)c2c1-c1ccccc1. The molecular formula is C27H19Cl2N3O2S2. The van der Waals surface area contributed by atoms with Crippen molar-refractivity contribution in [2.24, 2.45) is 0 Å². The van der Waals surface area contributed by atoms with Crippen LogP contribution in [0.3, 0.4) is 0 Å². The highest BCUT2D eigenvalue weighted by atomic mass is 35.5. The average molecular weight is 553 g/mol. The number of hydrogen-bond acceptors (Lipinski definition) is 5. The quantitative estimate of drug-likeness (QED) is 0.175. The minimum atomic E-state index is -0.273.